The van der Waals surface area contributed by atoms with Gasteiger partial charge in [-0.3, -0.25) is 5.32 Å². The van der Waals surface area contributed by atoms with Crippen molar-refractivity contribution in [3.63, 3.8) is 0 Å². The second kappa shape index (κ2) is 6.00. The number of nitrogens with one attached hydrogen (secondary N) is 1. The summed E-state index contributed by atoms with van der Waals surface area (Å²) in [4.78, 5) is 2.58. The molecule has 130 valence electrons. The first-order valence-corrected chi connectivity index (χ1v) is 9.80. The Morgan fingerprint density at radius 1 is 1.12 bits per heavy atom. The summed E-state index contributed by atoms with van der Waals surface area (Å²) in [5.74, 6) is 0.635. The molecule has 25 heavy (non-hydrogen) atoms. The topological polar surface area (TPSA) is 15.3 Å². The Labute approximate surface area is 159 Å². The third-order valence-electron chi connectivity index (χ3n) is 5.85. The fourth-order valence-electron chi connectivity index (χ4n) is 4.38. The van der Waals surface area contributed by atoms with E-state index in [9.17, 15) is 0 Å². The first-order valence-electron chi connectivity index (χ1n) is 9.01. The smallest absolute Gasteiger partial charge is 0.120 e. The van der Waals surface area contributed by atoms with Gasteiger partial charge in [0.25, 0.3) is 0 Å². The van der Waals surface area contributed by atoms with Crippen molar-refractivity contribution >= 4 is 27.7 Å². The van der Waals surface area contributed by atoms with Gasteiger partial charge in [-0.1, -0.05) is 73.1 Å². The summed E-state index contributed by atoms with van der Waals surface area (Å²) in [5.41, 5.74) is 3.83. The van der Waals surface area contributed by atoms with Crippen molar-refractivity contribution in [1.82, 2.24) is 5.32 Å². The molecule has 0 radical (unpaired) electrons. The van der Waals surface area contributed by atoms with E-state index in [1.807, 2.05) is 0 Å². The van der Waals surface area contributed by atoms with Crippen LogP contribution in [0.2, 0.25) is 0 Å². The summed E-state index contributed by atoms with van der Waals surface area (Å²) in [7, 11) is 0. The molecule has 0 saturated carbocycles. The molecule has 1 N–H and O–H groups in total. The van der Waals surface area contributed by atoms with E-state index in [4.69, 9.17) is 0 Å². The quantitative estimate of drug-likeness (QED) is 0.750. The lowest BCUT2D eigenvalue weighted by Crippen LogP contribution is -2.68. The molecule has 2 heterocycles. The lowest BCUT2D eigenvalue weighted by Gasteiger charge is -2.51. The van der Waals surface area contributed by atoms with Gasteiger partial charge in [0.15, 0.2) is 0 Å². The van der Waals surface area contributed by atoms with E-state index in [2.05, 4.69) is 108 Å². The molecule has 1 fully saturated rings. The summed E-state index contributed by atoms with van der Waals surface area (Å²) >= 11 is 3.52. The molecule has 2 aliphatic heterocycles. The number of hydrogen-bond acceptors (Lipinski definition) is 2. The third-order valence-corrected chi connectivity index (χ3v) is 6.38. The molecule has 2 aromatic carbocycles. The molecule has 0 amide bonds. The minimum absolute atomic E-state index is 0.00437. The number of rotatable bonds is 2. The molecule has 0 spiro atoms. The molecule has 0 bridgehead atoms. The van der Waals surface area contributed by atoms with Crippen molar-refractivity contribution < 1.29 is 0 Å². The molecule has 4 rings (SSSR count). The van der Waals surface area contributed by atoms with Crippen LogP contribution in [-0.4, -0.2) is 18.8 Å². The van der Waals surface area contributed by atoms with Gasteiger partial charge in [-0.25, -0.2) is 0 Å². The van der Waals surface area contributed by atoms with Gasteiger partial charge in [0.05, 0.1) is 0 Å². The maximum atomic E-state index is 3.89. The Bertz CT molecular complexity index is 809. The average Bonchev–Trinajstić information content (AvgIpc) is 2.80. The molecule has 2 aliphatic rings. The summed E-state index contributed by atoms with van der Waals surface area (Å²) in [6.07, 6.45) is 4.64. The molecule has 1 saturated heterocycles. The van der Waals surface area contributed by atoms with Crippen LogP contribution in [0.5, 0.6) is 0 Å². The SMILES string of the molecule is C[C@H]1CN[C@@]2(/C=C/c3ccc(Br)cc3)N(C1)c1ccccc1C2(C)C. The van der Waals surface area contributed by atoms with E-state index in [1.165, 1.54) is 16.8 Å². The predicted molar refractivity (Wildman–Crippen MR) is 110 cm³/mol. The van der Waals surface area contributed by atoms with Crippen molar-refractivity contribution in [2.24, 2.45) is 5.92 Å². The third kappa shape index (κ3) is 2.56. The Morgan fingerprint density at radius 2 is 1.84 bits per heavy atom. The predicted octanol–water partition coefficient (Wildman–Crippen LogP) is 5.20. The van der Waals surface area contributed by atoms with Crippen molar-refractivity contribution in [2.75, 3.05) is 18.0 Å². The first-order chi connectivity index (χ1) is 11.9. The maximum Gasteiger partial charge on any atom is 0.120 e. The van der Waals surface area contributed by atoms with Crippen molar-refractivity contribution in [3.8, 4) is 0 Å². The summed E-state index contributed by atoms with van der Waals surface area (Å²) in [6.45, 7) is 9.17. The number of nitrogens with zero attached hydrogens (tertiary/aromatic N) is 1. The molecule has 0 aliphatic carbocycles. The van der Waals surface area contributed by atoms with Crippen molar-refractivity contribution in [3.05, 3.63) is 70.2 Å². The first kappa shape index (κ1) is 16.9. The van der Waals surface area contributed by atoms with E-state index >= 15 is 0 Å². The summed E-state index contributed by atoms with van der Waals surface area (Å²) < 4.78 is 1.11. The van der Waals surface area contributed by atoms with Crippen LogP contribution in [-0.2, 0) is 5.41 Å². The van der Waals surface area contributed by atoms with Crippen LogP contribution in [0.3, 0.4) is 0 Å². The molecule has 2 aromatic rings. The highest BCUT2D eigenvalue weighted by Crippen LogP contribution is 2.52. The van der Waals surface area contributed by atoms with E-state index in [1.54, 1.807) is 0 Å². The van der Waals surface area contributed by atoms with Crippen LogP contribution >= 0.6 is 15.9 Å². The number of hydrogen-bond donors (Lipinski definition) is 1. The van der Waals surface area contributed by atoms with Crippen LogP contribution in [0.1, 0.15) is 31.9 Å². The Balaban J connectivity index is 1.81. The molecular weight excluding hydrogens is 372 g/mol. The van der Waals surface area contributed by atoms with E-state index < -0.39 is 0 Å². The van der Waals surface area contributed by atoms with Crippen molar-refractivity contribution in [2.45, 2.75) is 31.8 Å². The fraction of sp³-hybridized carbons (Fsp3) is 0.364. The average molecular weight is 397 g/mol. The van der Waals surface area contributed by atoms with Crippen LogP contribution in [0.15, 0.2) is 59.1 Å². The van der Waals surface area contributed by atoms with E-state index in [0.717, 1.165) is 17.6 Å². The molecule has 0 aromatic heterocycles. The zero-order valence-electron chi connectivity index (χ0n) is 15.1. The van der Waals surface area contributed by atoms with E-state index in [0.29, 0.717) is 5.92 Å². The molecule has 0 unspecified atom stereocenters. The molecule has 2 atom stereocenters. The number of para-hydroxylation sites is 1. The van der Waals surface area contributed by atoms with Crippen LogP contribution in [0.25, 0.3) is 6.08 Å². The van der Waals surface area contributed by atoms with Gasteiger partial charge in [-0.05, 0) is 41.3 Å². The lowest BCUT2D eigenvalue weighted by molar-refractivity contribution is 0.213. The minimum Gasteiger partial charge on any atom is -0.349 e. The van der Waals surface area contributed by atoms with Gasteiger partial charge < -0.3 is 4.90 Å². The molecule has 2 nitrogen and oxygen atoms in total. The normalized spacial score (nSPS) is 27.4. The lowest BCUT2D eigenvalue weighted by atomic mass is 9.74. The summed E-state index contributed by atoms with van der Waals surface area (Å²) in [6, 6.07) is 17.4. The monoisotopic (exact) mass is 396 g/mol. The molecular formula is C22H25BrN2. The van der Waals surface area contributed by atoms with Crippen molar-refractivity contribution in [1.29, 1.82) is 0 Å². The number of anilines is 1. The Kier molecular flexibility index (Phi) is 4.04. The van der Waals surface area contributed by atoms with Gasteiger partial charge in [0.1, 0.15) is 5.66 Å². The van der Waals surface area contributed by atoms with Gasteiger partial charge in [-0.2, -0.15) is 0 Å². The second-order valence-electron chi connectivity index (χ2n) is 7.89. The van der Waals surface area contributed by atoms with Crippen LogP contribution in [0.4, 0.5) is 5.69 Å². The summed E-state index contributed by atoms with van der Waals surface area (Å²) in [5, 5.41) is 3.89. The highest BCUT2D eigenvalue weighted by molar-refractivity contribution is 9.10. The van der Waals surface area contributed by atoms with E-state index in [-0.39, 0.29) is 11.1 Å². The highest BCUT2D eigenvalue weighted by Gasteiger charge is 2.56. The van der Waals surface area contributed by atoms with Gasteiger partial charge >= 0.3 is 0 Å². The van der Waals surface area contributed by atoms with Crippen LogP contribution < -0.4 is 10.2 Å². The largest absolute Gasteiger partial charge is 0.349 e. The number of fused-ring (bicyclic) bond motifs is 3. The fourth-order valence-corrected chi connectivity index (χ4v) is 4.65. The molecule has 3 heteroatoms. The van der Waals surface area contributed by atoms with Gasteiger partial charge in [0, 0.05) is 28.7 Å². The highest BCUT2D eigenvalue weighted by atomic mass is 79.9. The zero-order valence-corrected chi connectivity index (χ0v) is 16.7. The number of halogens is 1. The Hall–Kier alpha value is -1.58. The second-order valence-corrected chi connectivity index (χ2v) is 8.81. The Morgan fingerprint density at radius 3 is 2.60 bits per heavy atom. The number of benzene rings is 2. The maximum absolute atomic E-state index is 3.89. The van der Waals surface area contributed by atoms with Gasteiger partial charge in [-0.15, -0.1) is 0 Å². The minimum atomic E-state index is -0.184. The standard InChI is InChI=1S/C22H25BrN2/c1-16-14-24-22(13-12-17-8-10-18(23)11-9-17)21(2,3)19-6-4-5-7-20(19)25(22)15-16/h4-13,16,24H,14-15H2,1-3H3/b13-12+/t16-,22-/m0/s1. The van der Waals surface area contributed by atoms with Gasteiger partial charge in [0.2, 0.25) is 0 Å². The zero-order chi connectivity index (χ0) is 17.7. The van der Waals surface area contributed by atoms with Crippen LogP contribution in [0, 0.1) is 5.92 Å².